The van der Waals surface area contributed by atoms with Gasteiger partial charge in [0.1, 0.15) is 5.76 Å². The molecule has 0 fully saturated rings. The van der Waals surface area contributed by atoms with Gasteiger partial charge in [0.2, 0.25) is 0 Å². The third-order valence-electron chi connectivity index (χ3n) is 3.22. The van der Waals surface area contributed by atoms with Crippen molar-refractivity contribution in [3.05, 3.63) is 58.5 Å². The first-order valence-corrected chi connectivity index (χ1v) is 6.37. The predicted molar refractivity (Wildman–Crippen MR) is 72.8 cm³/mol. The Labute approximate surface area is 110 Å². The first kappa shape index (κ1) is 12.4. The molecule has 0 radical (unpaired) electrons. The minimum Gasteiger partial charge on any atom is -0.466 e. The molecule has 1 heterocycles. The average Bonchev–Trinajstić information content (AvgIpc) is 2.75. The second kappa shape index (κ2) is 4.67. The van der Waals surface area contributed by atoms with Crippen molar-refractivity contribution in [1.29, 1.82) is 0 Å². The van der Waals surface area contributed by atoms with Gasteiger partial charge in [-0.1, -0.05) is 44.2 Å². The molecule has 0 spiro atoms. The molecule has 2 N–H and O–H groups in total. The number of hydrogen-bond donors (Lipinski definition) is 1. The van der Waals surface area contributed by atoms with Crippen molar-refractivity contribution < 1.29 is 4.42 Å². The van der Waals surface area contributed by atoms with Gasteiger partial charge >= 0.3 is 0 Å². The summed E-state index contributed by atoms with van der Waals surface area (Å²) in [4.78, 5) is 0. The van der Waals surface area contributed by atoms with Crippen LogP contribution in [0.1, 0.15) is 31.2 Å². The molecular formula is C14H16BrNO. The zero-order chi connectivity index (χ0) is 12.5. The Bertz CT molecular complexity index is 490. The summed E-state index contributed by atoms with van der Waals surface area (Å²) in [5, 5.41) is 0. The van der Waals surface area contributed by atoms with E-state index in [-0.39, 0.29) is 11.5 Å². The summed E-state index contributed by atoms with van der Waals surface area (Å²) in [6, 6.07) is 11.9. The van der Waals surface area contributed by atoms with E-state index in [4.69, 9.17) is 10.2 Å². The summed E-state index contributed by atoms with van der Waals surface area (Å²) in [5.41, 5.74) is 7.35. The fourth-order valence-electron chi connectivity index (χ4n) is 1.90. The fraction of sp³-hybridized carbons (Fsp3) is 0.286. The Hall–Kier alpha value is -1.06. The highest BCUT2D eigenvalue weighted by Gasteiger charge is 2.32. The van der Waals surface area contributed by atoms with Crippen molar-refractivity contribution in [2.24, 2.45) is 5.73 Å². The highest BCUT2D eigenvalue weighted by atomic mass is 79.9. The lowest BCUT2D eigenvalue weighted by atomic mass is 9.77. The SMILES string of the molecule is CC(C)(c1ccccc1)C(N)c1occc1Br. The molecule has 2 nitrogen and oxygen atoms in total. The summed E-state index contributed by atoms with van der Waals surface area (Å²) in [6.45, 7) is 4.25. The third kappa shape index (κ3) is 2.31. The quantitative estimate of drug-likeness (QED) is 0.928. The monoisotopic (exact) mass is 293 g/mol. The van der Waals surface area contributed by atoms with Gasteiger partial charge in [0.25, 0.3) is 0 Å². The Morgan fingerprint density at radius 2 is 1.82 bits per heavy atom. The maximum absolute atomic E-state index is 6.33. The van der Waals surface area contributed by atoms with Crippen LogP contribution in [0.2, 0.25) is 0 Å². The van der Waals surface area contributed by atoms with Gasteiger partial charge < -0.3 is 10.2 Å². The van der Waals surface area contributed by atoms with Crippen LogP contribution in [0.25, 0.3) is 0 Å². The molecule has 1 unspecified atom stereocenters. The van der Waals surface area contributed by atoms with Crippen LogP contribution in [-0.4, -0.2) is 0 Å². The van der Waals surface area contributed by atoms with Crippen LogP contribution in [0.3, 0.4) is 0 Å². The molecule has 1 atom stereocenters. The van der Waals surface area contributed by atoms with Crippen LogP contribution in [0.4, 0.5) is 0 Å². The first-order valence-electron chi connectivity index (χ1n) is 5.57. The average molecular weight is 294 g/mol. The summed E-state index contributed by atoms with van der Waals surface area (Å²) in [6.07, 6.45) is 1.65. The van der Waals surface area contributed by atoms with E-state index in [9.17, 15) is 0 Å². The van der Waals surface area contributed by atoms with Crippen LogP contribution < -0.4 is 5.73 Å². The van der Waals surface area contributed by atoms with Gasteiger partial charge in [-0.2, -0.15) is 0 Å². The molecule has 0 aliphatic heterocycles. The van der Waals surface area contributed by atoms with Gasteiger partial charge in [0, 0.05) is 5.41 Å². The standard InChI is InChI=1S/C14H16BrNO/c1-14(2,10-6-4-3-5-7-10)13(16)12-11(15)8-9-17-12/h3-9,13H,16H2,1-2H3. The Morgan fingerprint density at radius 1 is 1.18 bits per heavy atom. The van der Waals surface area contributed by atoms with E-state index in [1.807, 2.05) is 24.3 Å². The van der Waals surface area contributed by atoms with E-state index >= 15 is 0 Å². The topological polar surface area (TPSA) is 39.2 Å². The van der Waals surface area contributed by atoms with Crippen molar-refractivity contribution in [3.8, 4) is 0 Å². The Morgan fingerprint density at radius 3 is 2.35 bits per heavy atom. The van der Waals surface area contributed by atoms with Crippen LogP contribution in [0.15, 0.2) is 51.6 Å². The summed E-state index contributed by atoms with van der Waals surface area (Å²) >= 11 is 3.46. The van der Waals surface area contributed by atoms with Crippen molar-refractivity contribution in [3.63, 3.8) is 0 Å². The second-order valence-corrected chi connectivity index (χ2v) is 5.55. The minimum absolute atomic E-state index is 0.179. The van der Waals surface area contributed by atoms with Crippen LogP contribution in [-0.2, 0) is 5.41 Å². The van der Waals surface area contributed by atoms with Crippen LogP contribution in [0, 0.1) is 0 Å². The fourth-order valence-corrected chi connectivity index (χ4v) is 2.35. The van der Waals surface area contributed by atoms with Crippen molar-refractivity contribution in [2.45, 2.75) is 25.3 Å². The molecule has 0 saturated heterocycles. The molecule has 90 valence electrons. The largest absolute Gasteiger partial charge is 0.466 e. The predicted octanol–water partition coefficient (Wildman–Crippen LogP) is 4.02. The molecular weight excluding hydrogens is 278 g/mol. The number of hydrogen-bond acceptors (Lipinski definition) is 2. The molecule has 17 heavy (non-hydrogen) atoms. The summed E-state index contributed by atoms with van der Waals surface area (Å²) in [7, 11) is 0. The lowest BCUT2D eigenvalue weighted by Crippen LogP contribution is -2.33. The molecule has 0 saturated carbocycles. The van der Waals surface area contributed by atoms with Crippen molar-refractivity contribution in [1.82, 2.24) is 0 Å². The van der Waals surface area contributed by atoms with Gasteiger partial charge in [-0.05, 0) is 27.6 Å². The van der Waals surface area contributed by atoms with E-state index in [2.05, 4.69) is 41.9 Å². The van der Waals surface area contributed by atoms with Gasteiger partial charge in [0.05, 0.1) is 16.8 Å². The molecule has 0 amide bonds. The van der Waals surface area contributed by atoms with Crippen molar-refractivity contribution >= 4 is 15.9 Å². The zero-order valence-electron chi connectivity index (χ0n) is 9.98. The van der Waals surface area contributed by atoms with Gasteiger partial charge in [-0.3, -0.25) is 0 Å². The molecule has 0 aliphatic carbocycles. The Balaban J connectivity index is 2.37. The van der Waals surface area contributed by atoms with E-state index in [0.29, 0.717) is 0 Å². The Kier molecular flexibility index (Phi) is 3.40. The van der Waals surface area contributed by atoms with E-state index in [0.717, 1.165) is 10.2 Å². The van der Waals surface area contributed by atoms with Crippen LogP contribution in [0.5, 0.6) is 0 Å². The van der Waals surface area contributed by atoms with Crippen LogP contribution >= 0.6 is 15.9 Å². The molecule has 2 rings (SSSR count). The third-order valence-corrected chi connectivity index (χ3v) is 3.88. The van der Waals surface area contributed by atoms with Gasteiger partial charge in [0.15, 0.2) is 0 Å². The normalized spacial score (nSPS) is 13.6. The molecule has 1 aromatic heterocycles. The molecule has 1 aromatic carbocycles. The van der Waals surface area contributed by atoms with Crippen molar-refractivity contribution in [2.75, 3.05) is 0 Å². The van der Waals surface area contributed by atoms with E-state index in [1.165, 1.54) is 5.56 Å². The smallest absolute Gasteiger partial charge is 0.135 e. The van der Waals surface area contributed by atoms with Gasteiger partial charge in [-0.25, -0.2) is 0 Å². The molecule has 3 heteroatoms. The highest BCUT2D eigenvalue weighted by Crippen LogP contribution is 2.38. The number of furan rings is 1. The maximum Gasteiger partial charge on any atom is 0.135 e. The lowest BCUT2D eigenvalue weighted by molar-refractivity contribution is 0.351. The number of nitrogens with two attached hydrogens (primary N) is 1. The zero-order valence-corrected chi connectivity index (χ0v) is 11.6. The number of halogens is 1. The summed E-state index contributed by atoms with van der Waals surface area (Å²) in [5.74, 6) is 0.791. The minimum atomic E-state index is -0.186. The molecule has 0 aliphatic rings. The number of rotatable bonds is 3. The second-order valence-electron chi connectivity index (χ2n) is 4.70. The molecule has 2 aromatic rings. The summed E-state index contributed by atoms with van der Waals surface area (Å²) < 4.78 is 6.39. The van der Waals surface area contributed by atoms with E-state index in [1.54, 1.807) is 6.26 Å². The first-order chi connectivity index (χ1) is 8.03. The number of benzene rings is 1. The van der Waals surface area contributed by atoms with E-state index < -0.39 is 0 Å². The lowest BCUT2D eigenvalue weighted by Gasteiger charge is -2.31. The maximum atomic E-state index is 6.33. The van der Waals surface area contributed by atoms with Gasteiger partial charge in [-0.15, -0.1) is 0 Å². The molecule has 0 bridgehead atoms. The highest BCUT2D eigenvalue weighted by molar-refractivity contribution is 9.10.